The van der Waals surface area contributed by atoms with Gasteiger partial charge in [-0.3, -0.25) is 0 Å². The second kappa shape index (κ2) is 7.35. The smallest absolute Gasteiger partial charge is 0.282 e. The van der Waals surface area contributed by atoms with Crippen LogP contribution in [0.2, 0.25) is 5.02 Å². The largest absolute Gasteiger partial charge is 0.506 e. The Bertz CT molecular complexity index is 891. The number of nitrogens with one attached hydrogen (secondary N) is 1. The minimum atomic E-state index is 0.332. The second-order valence-corrected chi connectivity index (χ2v) is 6.86. The van der Waals surface area contributed by atoms with Crippen LogP contribution < -0.4 is 9.80 Å². The van der Waals surface area contributed by atoms with E-state index in [1.165, 1.54) is 4.90 Å². The molecule has 0 amide bonds. The van der Waals surface area contributed by atoms with Crippen molar-refractivity contribution < 1.29 is 14.5 Å². The van der Waals surface area contributed by atoms with E-state index in [9.17, 15) is 5.11 Å². The van der Waals surface area contributed by atoms with Gasteiger partial charge >= 0.3 is 0 Å². The van der Waals surface area contributed by atoms with E-state index >= 15 is 0 Å². The maximum Gasteiger partial charge on any atom is 0.282 e. The van der Waals surface area contributed by atoms with Crippen molar-refractivity contribution in [2.24, 2.45) is 0 Å². The van der Waals surface area contributed by atoms with Crippen molar-refractivity contribution in [3.63, 3.8) is 0 Å². The second-order valence-electron chi connectivity index (χ2n) is 6.42. The van der Waals surface area contributed by atoms with Crippen LogP contribution in [0.4, 0.5) is 5.69 Å². The van der Waals surface area contributed by atoms with E-state index in [0.29, 0.717) is 29.0 Å². The Kier molecular flexibility index (Phi) is 4.77. The Morgan fingerprint density at radius 1 is 1.12 bits per heavy atom. The topological polar surface area (TPSA) is 66.8 Å². The monoisotopic (exact) mass is 371 g/mol. The maximum atomic E-state index is 10.0. The molecule has 4 rings (SSSR count). The molecule has 7 heteroatoms. The molecule has 1 aromatic heterocycles. The summed E-state index contributed by atoms with van der Waals surface area (Å²) in [5.74, 6) is 1.53. The molecule has 1 aliphatic heterocycles. The SMILES string of the molecule is Oc1ccccc1N1CC[NH+](Cc2nc(-c3cccc(Cl)c3)no2)CC1. The Hall–Kier alpha value is -2.57. The van der Waals surface area contributed by atoms with Crippen LogP contribution in [0, 0.1) is 0 Å². The summed E-state index contributed by atoms with van der Waals surface area (Å²) in [6, 6.07) is 14.9. The zero-order valence-electron chi connectivity index (χ0n) is 14.2. The van der Waals surface area contributed by atoms with Gasteiger partial charge in [-0.25, -0.2) is 0 Å². The van der Waals surface area contributed by atoms with Gasteiger partial charge in [-0.2, -0.15) is 4.98 Å². The van der Waals surface area contributed by atoms with Crippen molar-refractivity contribution in [2.75, 3.05) is 31.1 Å². The number of phenols is 1. The summed E-state index contributed by atoms with van der Waals surface area (Å²) in [5.41, 5.74) is 1.75. The number of quaternary nitrogens is 1. The number of anilines is 1. The third-order valence-corrected chi connectivity index (χ3v) is 4.88. The zero-order valence-corrected chi connectivity index (χ0v) is 15.0. The number of piperazine rings is 1. The molecule has 0 aliphatic carbocycles. The first-order valence-electron chi connectivity index (χ1n) is 8.64. The number of para-hydroxylation sites is 2. The molecule has 0 bridgehead atoms. The molecule has 0 atom stereocenters. The van der Waals surface area contributed by atoms with E-state index in [1.807, 2.05) is 42.5 Å². The summed E-state index contributed by atoms with van der Waals surface area (Å²) in [6.45, 7) is 4.35. The summed E-state index contributed by atoms with van der Waals surface area (Å²) in [7, 11) is 0. The summed E-state index contributed by atoms with van der Waals surface area (Å²) < 4.78 is 5.41. The van der Waals surface area contributed by atoms with Gasteiger partial charge in [0.15, 0.2) is 6.54 Å². The van der Waals surface area contributed by atoms with Gasteiger partial charge < -0.3 is 19.4 Å². The van der Waals surface area contributed by atoms with E-state index in [-0.39, 0.29) is 0 Å². The molecule has 134 valence electrons. The first kappa shape index (κ1) is 16.9. The predicted molar refractivity (Wildman–Crippen MR) is 99.5 cm³/mol. The summed E-state index contributed by atoms with van der Waals surface area (Å²) in [5, 5.41) is 14.7. The van der Waals surface area contributed by atoms with Crippen molar-refractivity contribution in [3.05, 3.63) is 59.4 Å². The first-order valence-corrected chi connectivity index (χ1v) is 9.02. The summed E-state index contributed by atoms with van der Waals surface area (Å²) in [4.78, 5) is 8.10. The maximum absolute atomic E-state index is 10.0. The molecule has 2 aromatic carbocycles. The number of nitrogens with zero attached hydrogens (tertiary/aromatic N) is 3. The van der Waals surface area contributed by atoms with Crippen molar-refractivity contribution in [3.8, 4) is 17.1 Å². The molecular formula is C19H20ClN4O2+. The number of halogens is 1. The fourth-order valence-electron chi connectivity index (χ4n) is 3.26. The average Bonchev–Trinajstić information content (AvgIpc) is 3.12. The molecule has 3 aromatic rings. The fourth-order valence-corrected chi connectivity index (χ4v) is 3.45. The molecule has 1 fully saturated rings. The minimum Gasteiger partial charge on any atom is -0.506 e. The Morgan fingerprint density at radius 2 is 1.92 bits per heavy atom. The molecular weight excluding hydrogens is 352 g/mol. The van der Waals surface area contributed by atoms with Gasteiger partial charge in [-0.05, 0) is 24.3 Å². The van der Waals surface area contributed by atoms with Crippen LogP contribution in [0.5, 0.6) is 5.75 Å². The number of phenolic OH excluding ortho intramolecular Hbond substituents is 1. The van der Waals surface area contributed by atoms with Crippen molar-refractivity contribution in [2.45, 2.75) is 6.54 Å². The third kappa shape index (κ3) is 3.66. The van der Waals surface area contributed by atoms with Gasteiger partial charge in [0.05, 0.1) is 31.9 Å². The van der Waals surface area contributed by atoms with Gasteiger partial charge in [0.25, 0.3) is 5.89 Å². The van der Waals surface area contributed by atoms with Crippen LogP contribution in [0.1, 0.15) is 5.89 Å². The van der Waals surface area contributed by atoms with Crippen LogP contribution in [0.15, 0.2) is 53.1 Å². The number of hydrogen-bond acceptors (Lipinski definition) is 5. The predicted octanol–water partition coefficient (Wildman–Crippen LogP) is 2.00. The summed E-state index contributed by atoms with van der Waals surface area (Å²) in [6.07, 6.45) is 0. The highest BCUT2D eigenvalue weighted by Crippen LogP contribution is 2.26. The third-order valence-electron chi connectivity index (χ3n) is 4.65. The highest BCUT2D eigenvalue weighted by molar-refractivity contribution is 6.30. The fraction of sp³-hybridized carbons (Fsp3) is 0.263. The van der Waals surface area contributed by atoms with E-state index in [4.69, 9.17) is 16.1 Å². The van der Waals surface area contributed by atoms with E-state index in [1.54, 1.807) is 6.07 Å². The number of benzene rings is 2. The van der Waals surface area contributed by atoms with E-state index < -0.39 is 0 Å². The Labute approximate surface area is 156 Å². The molecule has 0 unspecified atom stereocenters. The lowest BCUT2D eigenvalue weighted by Crippen LogP contribution is -3.13. The molecule has 6 nitrogen and oxygen atoms in total. The summed E-state index contributed by atoms with van der Waals surface area (Å²) >= 11 is 6.02. The van der Waals surface area contributed by atoms with Crippen molar-refractivity contribution in [1.29, 1.82) is 0 Å². The van der Waals surface area contributed by atoms with Gasteiger partial charge in [0.2, 0.25) is 5.82 Å². The molecule has 26 heavy (non-hydrogen) atoms. The highest BCUT2D eigenvalue weighted by Gasteiger charge is 2.23. The lowest BCUT2D eigenvalue weighted by atomic mass is 10.2. The molecule has 1 aliphatic rings. The molecule has 2 heterocycles. The molecule has 0 saturated carbocycles. The van der Waals surface area contributed by atoms with Gasteiger partial charge in [-0.1, -0.05) is 41.0 Å². The number of hydrogen-bond donors (Lipinski definition) is 2. The highest BCUT2D eigenvalue weighted by atomic mass is 35.5. The standard InChI is InChI=1S/C19H19ClN4O2/c20-15-5-3-4-14(12-15)19-21-18(26-22-19)13-23-8-10-24(11-9-23)16-6-1-2-7-17(16)25/h1-7,12,25H,8-11,13H2/p+1. The minimum absolute atomic E-state index is 0.332. The molecule has 1 saturated heterocycles. The van der Waals surface area contributed by atoms with Gasteiger partial charge in [-0.15, -0.1) is 0 Å². The van der Waals surface area contributed by atoms with Crippen LogP contribution >= 0.6 is 11.6 Å². The zero-order chi connectivity index (χ0) is 17.9. The van der Waals surface area contributed by atoms with Gasteiger partial charge in [0, 0.05) is 10.6 Å². The van der Waals surface area contributed by atoms with Crippen molar-refractivity contribution in [1.82, 2.24) is 10.1 Å². The average molecular weight is 372 g/mol. The molecule has 0 spiro atoms. The number of aromatic hydroxyl groups is 1. The van der Waals surface area contributed by atoms with E-state index in [2.05, 4.69) is 15.0 Å². The van der Waals surface area contributed by atoms with Crippen molar-refractivity contribution >= 4 is 17.3 Å². The molecule has 2 N–H and O–H groups in total. The lowest BCUT2D eigenvalue weighted by Gasteiger charge is -2.33. The van der Waals surface area contributed by atoms with E-state index in [0.717, 1.165) is 37.4 Å². The Morgan fingerprint density at radius 3 is 2.69 bits per heavy atom. The lowest BCUT2D eigenvalue weighted by molar-refractivity contribution is -0.915. The molecule has 0 radical (unpaired) electrons. The first-order chi connectivity index (χ1) is 12.7. The number of rotatable bonds is 4. The Balaban J connectivity index is 1.37. The number of aromatic nitrogens is 2. The van der Waals surface area contributed by atoms with Crippen LogP contribution in [-0.2, 0) is 6.54 Å². The normalized spacial score (nSPS) is 15.3. The van der Waals surface area contributed by atoms with Crippen LogP contribution in [0.3, 0.4) is 0 Å². The van der Waals surface area contributed by atoms with Gasteiger partial charge in [0.1, 0.15) is 5.75 Å². The van der Waals surface area contributed by atoms with Crippen LogP contribution in [-0.4, -0.2) is 41.4 Å². The quantitative estimate of drug-likeness (QED) is 0.734. The van der Waals surface area contributed by atoms with Crippen LogP contribution in [0.25, 0.3) is 11.4 Å².